The Balaban J connectivity index is 1.54. The molecule has 1 fully saturated rings. The fourth-order valence-electron chi connectivity index (χ4n) is 3.10. The van der Waals surface area contributed by atoms with Crippen LogP contribution in [0.5, 0.6) is 5.75 Å². The van der Waals surface area contributed by atoms with Gasteiger partial charge in [0.1, 0.15) is 5.75 Å². The van der Waals surface area contributed by atoms with Gasteiger partial charge in [0, 0.05) is 32.4 Å². The van der Waals surface area contributed by atoms with Crippen molar-refractivity contribution < 1.29 is 9.53 Å². The van der Waals surface area contributed by atoms with E-state index in [9.17, 15) is 4.79 Å². The van der Waals surface area contributed by atoms with Gasteiger partial charge in [-0.25, -0.2) is 0 Å². The lowest BCUT2D eigenvalue weighted by Gasteiger charge is -2.21. The molecule has 1 aromatic heterocycles. The second-order valence-corrected chi connectivity index (χ2v) is 6.07. The highest BCUT2D eigenvalue weighted by Crippen LogP contribution is 2.31. The zero-order valence-corrected chi connectivity index (χ0v) is 14.2. The van der Waals surface area contributed by atoms with Crippen LogP contribution in [-0.4, -0.2) is 42.4 Å². The lowest BCUT2D eigenvalue weighted by molar-refractivity contribution is 0.0948. The number of aryl methyl sites for hydroxylation is 1. The molecule has 1 amide bonds. The molecule has 2 aromatic rings. The summed E-state index contributed by atoms with van der Waals surface area (Å²) in [6, 6.07) is 8.07. The molecule has 0 spiro atoms. The molecule has 0 unspecified atom stereocenters. The molecular weight excluding hydrogens is 304 g/mol. The van der Waals surface area contributed by atoms with Crippen LogP contribution < -0.4 is 15.0 Å². The average Bonchev–Trinajstić information content (AvgIpc) is 3.29. The first-order chi connectivity index (χ1) is 11.7. The van der Waals surface area contributed by atoms with Crippen molar-refractivity contribution in [1.29, 1.82) is 0 Å². The molecule has 1 aliphatic heterocycles. The van der Waals surface area contributed by atoms with Gasteiger partial charge in [0.2, 0.25) is 0 Å². The van der Waals surface area contributed by atoms with Crippen LogP contribution in [0.15, 0.2) is 36.7 Å². The van der Waals surface area contributed by atoms with E-state index in [2.05, 4.69) is 21.4 Å². The number of hydrogen-bond acceptors (Lipinski definition) is 4. The number of para-hydroxylation sites is 2. The van der Waals surface area contributed by atoms with E-state index in [1.54, 1.807) is 24.2 Å². The van der Waals surface area contributed by atoms with Crippen molar-refractivity contribution in [3.05, 3.63) is 42.2 Å². The highest BCUT2D eigenvalue weighted by atomic mass is 16.5. The minimum atomic E-state index is -0.0505. The minimum absolute atomic E-state index is 0.0505. The lowest BCUT2D eigenvalue weighted by atomic mass is 10.1. The van der Waals surface area contributed by atoms with Crippen LogP contribution in [0, 0.1) is 5.92 Å². The van der Waals surface area contributed by atoms with Gasteiger partial charge in [0.05, 0.1) is 24.6 Å². The quantitative estimate of drug-likeness (QED) is 0.883. The standard InChI is InChI=1S/C18H24N4O2/c1-3-22-13-15(11-20-22)18(23)19-10-14-8-9-21(12-14)16-6-4-5-7-17(16)24-2/h4-7,11,13-14H,3,8-10,12H2,1-2H3,(H,19,23)/t14-/m1/s1. The van der Waals surface area contributed by atoms with Gasteiger partial charge in [0.25, 0.3) is 5.91 Å². The fourth-order valence-corrected chi connectivity index (χ4v) is 3.10. The summed E-state index contributed by atoms with van der Waals surface area (Å²) in [5, 5.41) is 7.17. The summed E-state index contributed by atoms with van der Waals surface area (Å²) in [5.74, 6) is 1.29. The van der Waals surface area contributed by atoms with Crippen molar-refractivity contribution >= 4 is 11.6 Å². The molecule has 3 rings (SSSR count). The maximum atomic E-state index is 12.2. The molecule has 1 saturated heterocycles. The van der Waals surface area contributed by atoms with Crippen LogP contribution in [0.3, 0.4) is 0 Å². The summed E-state index contributed by atoms with van der Waals surface area (Å²) in [4.78, 5) is 14.5. The second-order valence-electron chi connectivity index (χ2n) is 6.07. The van der Waals surface area contributed by atoms with Crippen molar-refractivity contribution in [2.75, 3.05) is 31.6 Å². The SMILES string of the molecule is CCn1cc(C(=O)NC[C@H]2CCN(c3ccccc3OC)C2)cn1. The smallest absolute Gasteiger partial charge is 0.254 e. The van der Waals surface area contributed by atoms with Crippen molar-refractivity contribution in [2.24, 2.45) is 5.92 Å². The van der Waals surface area contributed by atoms with Crippen LogP contribution in [0.2, 0.25) is 0 Å². The third kappa shape index (κ3) is 3.53. The van der Waals surface area contributed by atoms with E-state index in [0.29, 0.717) is 18.0 Å². The van der Waals surface area contributed by atoms with Crippen molar-refractivity contribution in [3.8, 4) is 5.75 Å². The van der Waals surface area contributed by atoms with Crippen LogP contribution >= 0.6 is 0 Å². The van der Waals surface area contributed by atoms with E-state index in [1.165, 1.54) is 0 Å². The van der Waals surface area contributed by atoms with E-state index >= 15 is 0 Å². The Bertz CT molecular complexity index is 698. The van der Waals surface area contributed by atoms with Gasteiger partial charge >= 0.3 is 0 Å². The molecule has 128 valence electrons. The van der Waals surface area contributed by atoms with Gasteiger partial charge in [-0.15, -0.1) is 0 Å². The predicted molar refractivity (Wildman–Crippen MR) is 93.5 cm³/mol. The topological polar surface area (TPSA) is 59.4 Å². The van der Waals surface area contributed by atoms with Crippen molar-refractivity contribution in [1.82, 2.24) is 15.1 Å². The van der Waals surface area contributed by atoms with Crippen LogP contribution in [0.4, 0.5) is 5.69 Å². The summed E-state index contributed by atoms with van der Waals surface area (Å²) in [7, 11) is 1.70. The number of benzene rings is 1. The van der Waals surface area contributed by atoms with Gasteiger partial charge in [0.15, 0.2) is 0 Å². The number of aromatic nitrogens is 2. The van der Waals surface area contributed by atoms with Crippen LogP contribution in [-0.2, 0) is 6.54 Å². The largest absolute Gasteiger partial charge is 0.495 e. The number of hydrogen-bond donors (Lipinski definition) is 1. The first kappa shape index (κ1) is 16.4. The molecule has 1 atom stereocenters. The van der Waals surface area contributed by atoms with E-state index in [4.69, 9.17) is 4.74 Å². The zero-order valence-electron chi connectivity index (χ0n) is 14.2. The van der Waals surface area contributed by atoms with Gasteiger partial charge in [-0.1, -0.05) is 12.1 Å². The molecular formula is C18H24N4O2. The van der Waals surface area contributed by atoms with Crippen LogP contribution in [0.25, 0.3) is 0 Å². The minimum Gasteiger partial charge on any atom is -0.495 e. The normalized spacial score (nSPS) is 17.1. The number of nitrogens with zero attached hydrogens (tertiary/aromatic N) is 3. The zero-order chi connectivity index (χ0) is 16.9. The molecule has 6 nitrogen and oxygen atoms in total. The highest BCUT2D eigenvalue weighted by molar-refractivity contribution is 5.93. The molecule has 2 heterocycles. The average molecular weight is 328 g/mol. The Labute approximate surface area is 142 Å². The summed E-state index contributed by atoms with van der Waals surface area (Å²) < 4.78 is 7.20. The van der Waals surface area contributed by atoms with Gasteiger partial charge in [-0.2, -0.15) is 5.10 Å². The fraction of sp³-hybridized carbons (Fsp3) is 0.444. The first-order valence-electron chi connectivity index (χ1n) is 8.40. The van der Waals surface area contributed by atoms with E-state index in [1.807, 2.05) is 25.1 Å². The maximum absolute atomic E-state index is 12.2. The van der Waals surface area contributed by atoms with E-state index in [0.717, 1.165) is 37.5 Å². The van der Waals surface area contributed by atoms with Crippen molar-refractivity contribution in [2.45, 2.75) is 19.9 Å². The number of rotatable bonds is 6. The molecule has 0 bridgehead atoms. The molecule has 0 radical (unpaired) electrons. The summed E-state index contributed by atoms with van der Waals surface area (Å²) >= 11 is 0. The number of nitrogens with one attached hydrogen (secondary N) is 1. The number of ether oxygens (including phenoxy) is 1. The Morgan fingerprint density at radius 2 is 2.25 bits per heavy atom. The van der Waals surface area contributed by atoms with E-state index < -0.39 is 0 Å². The Morgan fingerprint density at radius 3 is 3.00 bits per heavy atom. The second kappa shape index (κ2) is 7.38. The Kier molecular flexibility index (Phi) is 5.03. The monoisotopic (exact) mass is 328 g/mol. The first-order valence-corrected chi connectivity index (χ1v) is 8.40. The number of methoxy groups -OCH3 is 1. The number of amides is 1. The van der Waals surface area contributed by atoms with Gasteiger partial charge in [-0.3, -0.25) is 9.48 Å². The molecule has 1 aliphatic rings. The number of anilines is 1. The Hall–Kier alpha value is -2.50. The molecule has 1 aromatic carbocycles. The Morgan fingerprint density at radius 1 is 1.42 bits per heavy atom. The summed E-state index contributed by atoms with van der Waals surface area (Å²) in [6.45, 7) is 5.36. The van der Waals surface area contributed by atoms with E-state index in [-0.39, 0.29) is 5.91 Å². The highest BCUT2D eigenvalue weighted by Gasteiger charge is 2.25. The summed E-state index contributed by atoms with van der Waals surface area (Å²) in [6.07, 6.45) is 4.46. The van der Waals surface area contributed by atoms with Gasteiger partial charge in [-0.05, 0) is 31.4 Å². The lowest BCUT2D eigenvalue weighted by Crippen LogP contribution is -2.30. The third-order valence-electron chi connectivity index (χ3n) is 4.48. The number of carbonyl (C=O) groups excluding carboxylic acids is 1. The number of carbonyl (C=O) groups is 1. The molecule has 0 saturated carbocycles. The molecule has 24 heavy (non-hydrogen) atoms. The van der Waals surface area contributed by atoms with Crippen LogP contribution in [0.1, 0.15) is 23.7 Å². The van der Waals surface area contributed by atoms with Gasteiger partial charge < -0.3 is 15.0 Å². The maximum Gasteiger partial charge on any atom is 0.254 e. The summed E-state index contributed by atoms with van der Waals surface area (Å²) in [5.41, 5.74) is 1.74. The predicted octanol–water partition coefficient (Wildman–Crippen LogP) is 2.17. The third-order valence-corrected chi connectivity index (χ3v) is 4.48. The van der Waals surface area contributed by atoms with Crippen molar-refractivity contribution in [3.63, 3.8) is 0 Å². The molecule has 0 aliphatic carbocycles. The molecule has 1 N–H and O–H groups in total. The molecule has 6 heteroatoms.